The lowest BCUT2D eigenvalue weighted by Crippen LogP contribution is -2.35. The molecule has 1 aromatic rings. The average molecular weight is 252 g/mol. The van der Waals surface area contributed by atoms with Gasteiger partial charge in [0.1, 0.15) is 11.5 Å². The second-order valence-corrected chi connectivity index (χ2v) is 4.31. The van der Waals surface area contributed by atoms with Crippen molar-refractivity contribution >= 4 is 0 Å². The molecule has 0 aliphatic carbocycles. The second-order valence-electron chi connectivity index (χ2n) is 4.31. The number of nitrogens with one attached hydrogen (secondary N) is 2. The van der Waals surface area contributed by atoms with Crippen LogP contribution >= 0.6 is 0 Å². The summed E-state index contributed by atoms with van der Waals surface area (Å²) in [7, 11) is 3.33. The van der Waals surface area contributed by atoms with E-state index in [1.54, 1.807) is 14.2 Å². The Morgan fingerprint density at radius 1 is 1.11 bits per heavy atom. The zero-order valence-electron chi connectivity index (χ0n) is 11.7. The summed E-state index contributed by atoms with van der Waals surface area (Å²) >= 11 is 0. The van der Waals surface area contributed by atoms with E-state index in [1.807, 2.05) is 18.2 Å². The first-order valence-corrected chi connectivity index (χ1v) is 6.35. The fraction of sp³-hybridized carbons (Fsp3) is 0.571. The molecule has 1 aromatic carbocycles. The monoisotopic (exact) mass is 252 g/mol. The van der Waals surface area contributed by atoms with Crippen LogP contribution in [0.1, 0.15) is 19.4 Å². The van der Waals surface area contributed by atoms with Crippen LogP contribution in [0.5, 0.6) is 11.5 Å². The molecule has 0 aromatic heterocycles. The van der Waals surface area contributed by atoms with E-state index in [9.17, 15) is 0 Å². The van der Waals surface area contributed by atoms with Crippen molar-refractivity contribution in [1.29, 1.82) is 0 Å². The summed E-state index contributed by atoms with van der Waals surface area (Å²) in [6, 6.07) is 6.36. The van der Waals surface area contributed by atoms with Gasteiger partial charge in [0.2, 0.25) is 0 Å². The van der Waals surface area contributed by atoms with Crippen molar-refractivity contribution in [3.8, 4) is 11.5 Å². The molecule has 4 heteroatoms. The Morgan fingerprint density at radius 2 is 1.72 bits per heavy atom. The van der Waals surface area contributed by atoms with Crippen molar-refractivity contribution in [2.24, 2.45) is 0 Å². The molecule has 0 amide bonds. The molecular weight excluding hydrogens is 228 g/mol. The van der Waals surface area contributed by atoms with Crippen molar-refractivity contribution in [2.75, 3.05) is 27.3 Å². The van der Waals surface area contributed by atoms with E-state index in [4.69, 9.17) is 9.47 Å². The molecule has 0 saturated carbocycles. The third-order valence-corrected chi connectivity index (χ3v) is 2.77. The molecular formula is C14H24N2O2. The number of benzene rings is 1. The first kappa shape index (κ1) is 14.8. The summed E-state index contributed by atoms with van der Waals surface area (Å²) in [5.74, 6) is 1.65. The maximum atomic E-state index is 5.25. The molecule has 1 rings (SSSR count). The zero-order valence-corrected chi connectivity index (χ0v) is 11.7. The molecule has 0 aliphatic rings. The minimum Gasteiger partial charge on any atom is -0.497 e. The van der Waals surface area contributed by atoms with Crippen molar-refractivity contribution < 1.29 is 9.47 Å². The fourth-order valence-corrected chi connectivity index (χ4v) is 1.69. The van der Waals surface area contributed by atoms with Crippen LogP contribution in [-0.4, -0.2) is 33.4 Å². The Labute approximate surface area is 110 Å². The number of hydrogen-bond acceptors (Lipinski definition) is 4. The summed E-state index contributed by atoms with van der Waals surface area (Å²) in [4.78, 5) is 0. The standard InChI is InChI=1S/C14H24N2O2/c1-5-15-9-11(2)16-10-12-6-13(17-3)8-14(7-12)18-4/h6-8,11,15-16H,5,9-10H2,1-4H3. The first-order chi connectivity index (χ1) is 8.69. The van der Waals surface area contributed by atoms with E-state index in [1.165, 1.54) is 0 Å². The van der Waals surface area contributed by atoms with Crippen molar-refractivity contribution in [3.63, 3.8) is 0 Å². The summed E-state index contributed by atoms with van der Waals surface area (Å²) in [5.41, 5.74) is 1.16. The Hall–Kier alpha value is -1.26. The van der Waals surface area contributed by atoms with Gasteiger partial charge in [-0.2, -0.15) is 0 Å². The third-order valence-electron chi connectivity index (χ3n) is 2.77. The SMILES string of the molecule is CCNCC(C)NCc1cc(OC)cc(OC)c1. The largest absolute Gasteiger partial charge is 0.497 e. The van der Waals surface area contributed by atoms with Crippen LogP contribution in [0.2, 0.25) is 0 Å². The predicted octanol–water partition coefficient (Wildman–Crippen LogP) is 1.79. The van der Waals surface area contributed by atoms with Crippen LogP contribution in [0.25, 0.3) is 0 Å². The molecule has 0 bridgehead atoms. The minimum atomic E-state index is 0.433. The smallest absolute Gasteiger partial charge is 0.122 e. The Kier molecular flexibility index (Phi) is 6.54. The fourth-order valence-electron chi connectivity index (χ4n) is 1.69. The number of hydrogen-bond donors (Lipinski definition) is 2. The van der Waals surface area contributed by atoms with Gasteiger partial charge >= 0.3 is 0 Å². The quantitative estimate of drug-likeness (QED) is 0.740. The molecule has 0 fully saturated rings. The van der Waals surface area contributed by atoms with E-state index in [0.29, 0.717) is 6.04 Å². The Morgan fingerprint density at radius 3 is 2.22 bits per heavy atom. The van der Waals surface area contributed by atoms with E-state index in [-0.39, 0.29) is 0 Å². The van der Waals surface area contributed by atoms with Crippen molar-refractivity contribution in [3.05, 3.63) is 23.8 Å². The number of ether oxygens (including phenoxy) is 2. The molecule has 0 heterocycles. The maximum absolute atomic E-state index is 5.25. The number of rotatable bonds is 8. The maximum Gasteiger partial charge on any atom is 0.122 e. The molecule has 18 heavy (non-hydrogen) atoms. The van der Waals surface area contributed by atoms with Gasteiger partial charge in [0.05, 0.1) is 14.2 Å². The zero-order chi connectivity index (χ0) is 13.4. The number of likely N-dealkylation sites (N-methyl/N-ethyl adjacent to an activating group) is 1. The summed E-state index contributed by atoms with van der Waals surface area (Å²) in [5, 5.41) is 6.78. The molecule has 102 valence electrons. The van der Waals surface area contributed by atoms with Crippen molar-refractivity contribution in [2.45, 2.75) is 26.4 Å². The van der Waals surface area contributed by atoms with Gasteiger partial charge in [0, 0.05) is 25.2 Å². The molecule has 2 N–H and O–H groups in total. The highest BCUT2D eigenvalue weighted by atomic mass is 16.5. The van der Waals surface area contributed by atoms with E-state index < -0.39 is 0 Å². The Balaban J connectivity index is 2.55. The first-order valence-electron chi connectivity index (χ1n) is 6.35. The molecule has 0 aliphatic heterocycles. The van der Waals surface area contributed by atoms with Crippen LogP contribution < -0.4 is 20.1 Å². The molecule has 0 saturated heterocycles. The number of methoxy groups -OCH3 is 2. The molecule has 1 atom stereocenters. The third kappa shape index (κ3) is 4.94. The highest BCUT2D eigenvalue weighted by Gasteiger charge is 2.04. The Bertz CT molecular complexity index is 333. The lowest BCUT2D eigenvalue weighted by atomic mass is 10.2. The van der Waals surface area contributed by atoms with Crippen LogP contribution in [0, 0.1) is 0 Å². The van der Waals surface area contributed by atoms with Gasteiger partial charge in [0.25, 0.3) is 0 Å². The van der Waals surface area contributed by atoms with Gasteiger partial charge < -0.3 is 20.1 Å². The molecule has 0 spiro atoms. The lowest BCUT2D eigenvalue weighted by molar-refractivity contribution is 0.392. The van der Waals surface area contributed by atoms with E-state index in [2.05, 4.69) is 24.5 Å². The van der Waals surface area contributed by atoms with Gasteiger partial charge in [-0.15, -0.1) is 0 Å². The van der Waals surface area contributed by atoms with Gasteiger partial charge in [0.15, 0.2) is 0 Å². The van der Waals surface area contributed by atoms with Crippen LogP contribution in [0.3, 0.4) is 0 Å². The topological polar surface area (TPSA) is 42.5 Å². The normalized spacial score (nSPS) is 12.2. The van der Waals surface area contributed by atoms with E-state index >= 15 is 0 Å². The van der Waals surface area contributed by atoms with Gasteiger partial charge in [-0.25, -0.2) is 0 Å². The summed E-state index contributed by atoms with van der Waals surface area (Å²) in [6.45, 7) is 7.05. The predicted molar refractivity (Wildman–Crippen MR) is 74.4 cm³/mol. The van der Waals surface area contributed by atoms with Crippen molar-refractivity contribution in [1.82, 2.24) is 10.6 Å². The van der Waals surface area contributed by atoms with Crippen LogP contribution in [-0.2, 0) is 6.54 Å². The lowest BCUT2D eigenvalue weighted by Gasteiger charge is -2.15. The second kappa shape index (κ2) is 7.95. The summed E-state index contributed by atoms with van der Waals surface area (Å²) < 4.78 is 10.5. The highest BCUT2D eigenvalue weighted by molar-refractivity contribution is 5.38. The van der Waals surface area contributed by atoms with Crippen LogP contribution in [0.15, 0.2) is 18.2 Å². The average Bonchev–Trinajstić information content (AvgIpc) is 2.42. The van der Waals surface area contributed by atoms with E-state index in [0.717, 1.165) is 36.7 Å². The summed E-state index contributed by atoms with van der Waals surface area (Å²) in [6.07, 6.45) is 0. The van der Waals surface area contributed by atoms with Gasteiger partial charge in [-0.3, -0.25) is 0 Å². The molecule has 1 unspecified atom stereocenters. The molecule has 4 nitrogen and oxygen atoms in total. The molecule has 0 radical (unpaired) electrons. The van der Waals surface area contributed by atoms with Gasteiger partial charge in [-0.1, -0.05) is 6.92 Å². The van der Waals surface area contributed by atoms with Gasteiger partial charge in [-0.05, 0) is 31.2 Å². The highest BCUT2D eigenvalue weighted by Crippen LogP contribution is 2.22. The van der Waals surface area contributed by atoms with Crippen LogP contribution in [0.4, 0.5) is 0 Å². The minimum absolute atomic E-state index is 0.433.